The monoisotopic (exact) mass is 448 g/mol. The molecule has 0 atom stereocenters. The Morgan fingerprint density at radius 3 is 1.91 bits per heavy atom. The topological polar surface area (TPSA) is 90.3 Å². The molecule has 0 saturated carbocycles. The summed E-state index contributed by atoms with van der Waals surface area (Å²) >= 11 is 0. The largest absolute Gasteiger partial charge is 0.489 e. The Bertz CT molecular complexity index is 1010. The molecule has 4 rings (SSSR count). The van der Waals surface area contributed by atoms with Crippen molar-refractivity contribution in [3.63, 3.8) is 0 Å². The maximum atomic E-state index is 9.10. The Balaban J connectivity index is 0.000000454. The molecule has 1 aliphatic heterocycles. The molecule has 3 aromatic rings. The van der Waals surface area contributed by atoms with Gasteiger partial charge in [-0.3, -0.25) is 4.90 Å². The Labute approximate surface area is 193 Å². The summed E-state index contributed by atoms with van der Waals surface area (Å²) in [5, 5.41) is 14.8. The lowest BCUT2D eigenvalue weighted by molar-refractivity contribution is -0.159. The second-order valence-electron chi connectivity index (χ2n) is 7.63. The zero-order chi connectivity index (χ0) is 23.5. The second kappa shape index (κ2) is 12.3. The number of piperazine rings is 1. The minimum atomic E-state index is -1.82. The van der Waals surface area contributed by atoms with Gasteiger partial charge in [0.1, 0.15) is 12.4 Å². The van der Waals surface area contributed by atoms with Crippen LogP contribution in [0.3, 0.4) is 0 Å². The van der Waals surface area contributed by atoms with Crippen LogP contribution in [0, 0.1) is 0 Å². The fraction of sp³-hybridized carbons (Fsp3) is 0.231. The van der Waals surface area contributed by atoms with Crippen molar-refractivity contribution >= 4 is 17.6 Å². The standard InChI is InChI=1S/C24H26N2O.C2H2O4/c1-3-8-21(9-4-1)20-27-24-13-7-10-22(18-24)19-25-14-16-26(17-15-25)23-11-5-2-6-12-23;3-1(4)2(5)6/h1-13,18H,14-17,19-20H2;(H,3,4)(H,5,6). The van der Waals surface area contributed by atoms with Gasteiger partial charge in [-0.25, -0.2) is 9.59 Å². The molecule has 172 valence electrons. The minimum absolute atomic E-state index is 0.611. The van der Waals surface area contributed by atoms with Gasteiger partial charge in [-0.15, -0.1) is 0 Å². The number of carbonyl (C=O) groups is 2. The van der Waals surface area contributed by atoms with Crippen LogP contribution in [-0.2, 0) is 22.7 Å². The van der Waals surface area contributed by atoms with Crippen LogP contribution in [-0.4, -0.2) is 53.2 Å². The molecule has 3 aromatic carbocycles. The molecule has 7 nitrogen and oxygen atoms in total. The van der Waals surface area contributed by atoms with Crippen molar-refractivity contribution in [3.8, 4) is 5.75 Å². The molecule has 0 aliphatic carbocycles. The average molecular weight is 449 g/mol. The summed E-state index contributed by atoms with van der Waals surface area (Å²) < 4.78 is 5.97. The van der Waals surface area contributed by atoms with Crippen molar-refractivity contribution in [3.05, 3.63) is 96.1 Å². The van der Waals surface area contributed by atoms with Crippen LogP contribution in [0.4, 0.5) is 5.69 Å². The molecule has 0 unspecified atom stereocenters. The first-order chi connectivity index (χ1) is 16.0. The number of carboxylic acid groups (broad SMARTS) is 2. The van der Waals surface area contributed by atoms with E-state index in [0.29, 0.717) is 6.61 Å². The van der Waals surface area contributed by atoms with E-state index in [-0.39, 0.29) is 0 Å². The van der Waals surface area contributed by atoms with Crippen LogP contribution in [0.15, 0.2) is 84.9 Å². The van der Waals surface area contributed by atoms with E-state index in [1.54, 1.807) is 0 Å². The number of anilines is 1. The van der Waals surface area contributed by atoms with Crippen LogP contribution in [0.1, 0.15) is 11.1 Å². The summed E-state index contributed by atoms with van der Waals surface area (Å²) in [7, 11) is 0. The van der Waals surface area contributed by atoms with Gasteiger partial charge in [-0.05, 0) is 35.4 Å². The number of nitrogens with zero attached hydrogens (tertiary/aromatic N) is 2. The van der Waals surface area contributed by atoms with Crippen LogP contribution in [0.5, 0.6) is 5.75 Å². The second-order valence-corrected chi connectivity index (χ2v) is 7.63. The minimum Gasteiger partial charge on any atom is -0.489 e. The number of aliphatic carboxylic acids is 2. The zero-order valence-corrected chi connectivity index (χ0v) is 18.3. The smallest absolute Gasteiger partial charge is 0.414 e. The summed E-state index contributed by atoms with van der Waals surface area (Å²) in [6.45, 7) is 5.92. The molecule has 0 bridgehead atoms. The quantitative estimate of drug-likeness (QED) is 0.555. The fourth-order valence-corrected chi connectivity index (χ4v) is 3.54. The summed E-state index contributed by atoms with van der Waals surface area (Å²) in [6.07, 6.45) is 0. The van der Waals surface area contributed by atoms with Crippen molar-refractivity contribution in [1.29, 1.82) is 0 Å². The zero-order valence-electron chi connectivity index (χ0n) is 18.3. The van der Waals surface area contributed by atoms with Crippen molar-refractivity contribution in [2.75, 3.05) is 31.1 Å². The molecule has 0 aromatic heterocycles. The molecule has 1 heterocycles. The predicted molar refractivity (Wildman–Crippen MR) is 126 cm³/mol. The van der Waals surface area contributed by atoms with Crippen molar-refractivity contribution < 1.29 is 24.5 Å². The van der Waals surface area contributed by atoms with E-state index in [9.17, 15) is 0 Å². The first kappa shape index (κ1) is 23.8. The normalized spacial score (nSPS) is 13.5. The lowest BCUT2D eigenvalue weighted by atomic mass is 10.1. The van der Waals surface area contributed by atoms with Gasteiger partial charge in [-0.2, -0.15) is 0 Å². The van der Waals surface area contributed by atoms with Gasteiger partial charge in [0.25, 0.3) is 0 Å². The molecule has 0 spiro atoms. The van der Waals surface area contributed by atoms with Gasteiger partial charge in [0.15, 0.2) is 0 Å². The summed E-state index contributed by atoms with van der Waals surface area (Å²) in [6, 6.07) is 29.5. The van der Waals surface area contributed by atoms with Gasteiger partial charge in [-0.1, -0.05) is 60.7 Å². The van der Waals surface area contributed by atoms with Gasteiger partial charge in [0, 0.05) is 38.4 Å². The number of hydrogen-bond acceptors (Lipinski definition) is 5. The fourth-order valence-electron chi connectivity index (χ4n) is 3.54. The average Bonchev–Trinajstić information content (AvgIpc) is 2.85. The van der Waals surface area contributed by atoms with Gasteiger partial charge < -0.3 is 19.8 Å². The van der Waals surface area contributed by atoms with Crippen LogP contribution in [0.25, 0.3) is 0 Å². The molecule has 33 heavy (non-hydrogen) atoms. The number of para-hydroxylation sites is 1. The maximum Gasteiger partial charge on any atom is 0.414 e. The highest BCUT2D eigenvalue weighted by Crippen LogP contribution is 2.19. The van der Waals surface area contributed by atoms with E-state index < -0.39 is 11.9 Å². The molecular formula is C26H28N2O5. The van der Waals surface area contributed by atoms with Crippen molar-refractivity contribution in [1.82, 2.24) is 4.90 Å². The third kappa shape index (κ3) is 7.97. The third-order valence-electron chi connectivity index (χ3n) is 5.23. The van der Waals surface area contributed by atoms with Crippen LogP contribution >= 0.6 is 0 Å². The molecular weight excluding hydrogens is 420 g/mol. The molecule has 0 amide bonds. The number of ether oxygens (including phenoxy) is 1. The summed E-state index contributed by atoms with van der Waals surface area (Å²) in [5.41, 5.74) is 3.84. The Morgan fingerprint density at radius 1 is 0.727 bits per heavy atom. The number of carboxylic acids is 2. The molecule has 1 aliphatic rings. The summed E-state index contributed by atoms with van der Waals surface area (Å²) in [4.78, 5) is 23.2. The SMILES string of the molecule is O=C(O)C(=O)O.c1ccc(COc2cccc(CN3CCN(c4ccccc4)CC3)c2)cc1. The highest BCUT2D eigenvalue weighted by atomic mass is 16.5. The van der Waals surface area contributed by atoms with E-state index in [0.717, 1.165) is 38.5 Å². The predicted octanol–water partition coefficient (Wildman–Crippen LogP) is 3.74. The first-order valence-corrected chi connectivity index (χ1v) is 10.8. The van der Waals surface area contributed by atoms with E-state index in [1.807, 2.05) is 24.3 Å². The van der Waals surface area contributed by atoms with Crippen molar-refractivity contribution in [2.24, 2.45) is 0 Å². The van der Waals surface area contributed by atoms with E-state index in [4.69, 9.17) is 24.5 Å². The number of rotatable bonds is 6. The van der Waals surface area contributed by atoms with Gasteiger partial charge in [0.05, 0.1) is 0 Å². The van der Waals surface area contributed by atoms with E-state index >= 15 is 0 Å². The lowest BCUT2D eigenvalue weighted by Gasteiger charge is -2.36. The molecule has 1 fully saturated rings. The molecule has 1 saturated heterocycles. The van der Waals surface area contributed by atoms with Gasteiger partial charge in [0.2, 0.25) is 0 Å². The van der Waals surface area contributed by atoms with E-state index in [1.165, 1.54) is 16.8 Å². The first-order valence-electron chi connectivity index (χ1n) is 10.8. The summed E-state index contributed by atoms with van der Waals surface area (Å²) in [5.74, 6) is -2.70. The van der Waals surface area contributed by atoms with Crippen molar-refractivity contribution in [2.45, 2.75) is 13.2 Å². The molecule has 7 heteroatoms. The third-order valence-corrected chi connectivity index (χ3v) is 5.23. The Morgan fingerprint density at radius 2 is 1.30 bits per heavy atom. The van der Waals surface area contributed by atoms with E-state index in [2.05, 4.69) is 70.5 Å². The van der Waals surface area contributed by atoms with Crippen LogP contribution in [0.2, 0.25) is 0 Å². The Kier molecular flexibility index (Phi) is 8.85. The van der Waals surface area contributed by atoms with Crippen LogP contribution < -0.4 is 9.64 Å². The Hall–Kier alpha value is -3.84. The van der Waals surface area contributed by atoms with Gasteiger partial charge >= 0.3 is 11.9 Å². The highest BCUT2D eigenvalue weighted by Gasteiger charge is 2.17. The maximum absolute atomic E-state index is 9.10. The lowest BCUT2D eigenvalue weighted by Crippen LogP contribution is -2.45. The number of hydrogen-bond donors (Lipinski definition) is 2. The molecule has 2 N–H and O–H groups in total. The highest BCUT2D eigenvalue weighted by molar-refractivity contribution is 6.27. The molecule has 0 radical (unpaired) electrons. The number of benzene rings is 3.